The second-order valence-corrected chi connectivity index (χ2v) is 6.52. The molecule has 1 aromatic heterocycles. The minimum Gasteiger partial charge on any atom is -0.495 e. The van der Waals surface area contributed by atoms with E-state index in [2.05, 4.69) is 28.1 Å². The van der Waals surface area contributed by atoms with Gasteiger partial charge in [0.15, 0.2) is 11.5 Å². The van der Waals surface area contributed by atoms with Crippen LogP contribution in [0.2, 0.25) is 0 Å². The standard InChI is InChI=1S/C20H26N2O3/c1-23-18-9-17(11-21-12-18)14-22-7-6-16(13-22)8-15-4-5-19(24-2)20(10-15)25-3/h4-5,9-12,16H,6-8,13-14H2,1-3H3. The Balaban J connectivity index is 1.57. The van der Waals surface area contributed by atoms with Gasteiger partial charge in [0, 0.05) is 19.3 Å². The quantitative estimate of drug-likeness (QED) is 0.773. The van der Waals surface area contributed by atoms with Gasteiger partial charge in [0.2, 0.25) is 0 Å². The van der Waals surface area contributed by atoms with Crippen molar-refractivity contribution < 1.29 is 14.2 Å². The third-order valence-corrected chi connectivity index (χ3v) is 4.75. The molecule has 1 unspecified atom stereocenters. The molecule has 0 aliphatic carbocycles. The number of nitrogens with zero attached hydrogens (tertiary/aromatic N) is 2. The van der Waals surface area contributed by atoms with Gasteiger partial charge in [-0.05, 0) is 54.6 Å². The van der Waals surface area contributed by atoms with Crippen LogP contribution in [0.5, 0.6) is 17.2 Å². The van der Waals surface area contributed by atoms with Crippen LogP contribution in [0.15, 0.2) is 36.7 Å². The molecule has 2 aromatic rings. The number of pyridine rings is 1. The highest BCUT2D eigenvalue weighted by Crippen LogP contribution is 2.30. The molecule has 1 fully saturated rings. The predicted molar refractivity (Wildman–Crippen MR) is 97.4 cm³/mol. The molecule has 1 aliphatic heterocycles. The fourth-order valence-electron chi connectivity index (χ4n) is 3.48. The Bertz CT molecular complexity index is 705. The van der Waals surface area contributed by atoms with Crippen LogP contribution in [-0.4, -0.2) is 44.3 Å². The normalized spacial score (nSPS) is 17.5. The lowest BCUT2D eigenvalue weighted by atomic mass is 9.98. The van der Waals surface area contributed by atoms with Crippen LogP contribution in [0.3, 0.4) is 0 Å². The van der Waals surface area contributed by atoms with E-state index in [0.717, 1.165) is 43.3 Å². The maximum absolute atomic E-state index is 5.41. The number of hydrogen-bond donors (Lipinski definition) is 0. The average molecular weight is 342 g/mol. The summed E-state index contributed by atoms with van der Waals surface area (Å²) in [6.07, 6.45) is 5.94. The molecule has 3 rings (SSSR count). The van der Waals surface area contributed by atoms with E-state index in [0.29, 0.717) is 5.92 Å². The van der Waals surface area contributed by atoms with Gasteiger partial charge in [0.1, 0.15) is 5.75 Å². The molecule has 0 saturated carbocycles. The van der Waals surface area contributed by atoms with Crippen molar-refractivity contribution >= 4 is 0 Å². The number of ether oxygens (including phenoxy) is 3. The van der Waals surface area contributed by atoms with Gasteiger partial charge in [0.05, 0.1) is 27.5 Å². The molecule has 0 N–H and O–H groups in total. The lowest BCUT2D eigenvalue weighted by Gasteiger charge is -2.17. The topological polar surface area (TPSA) is 43.8 Å². The fraction of sp³-hybridized carbons (Fsp3) is 0.450. The highest BCUT2D eigenvalue weighted by molar-refractivity contribution is 5.43. The Morgan fingerprint density at radius 2 is 1.84 bits per heavy atom. The molecule has 1 saturated heterocycles. The number of benzene rings is 1. The van der Waals surface area contributed by atoms with Crippen LogP contribution >= 0.6 is 0 Å². The van der Waals surface area contributed by atoms with Crippen molar-refractivity contribution in [2.24, 2.45) is 5.92 Å². The first-order valence-corrected chi connectivity index (χ1v) is 8.63. The first-order valence-electron chi connectivity index (χ1n) is 8.63. The summed E-state index contributed by atoms with van der Waals surface area (Å²) in [6, 6.07) is 8.28. The van der Waals surface area contributed by atoms with E-state index in [1.54, 1.807) is 27.5 Å². The fourth-order valence-corrected chi connectivity index (χ4v) is 3.48. The van der Waals surface area contributed by atoms with E-state index >= 15 is 0 Å². The zero-order valence-electron chi connectivity index (χ0n) is 15.2. The van der Waals surface area contributed by atoms with Crippen molar-refractivity contribution in [3.63, 3.8) is 0 Å². The number of methoxy groups -OCH3 is 3. The molecule has 0 bridgehead atoms. The molecule has 1 atom stereocenters. The molecule has 1 aromatic carbocycles. The minimum atomic E-state index is 0.664. The summed E-state index contributed by atoms with van der Waals surface area (Å²) in [5.74, 6) is 3.07. The number of likely N-dealkylation sites (tertiary alicyclic amines) is 1. The van der Waals surface area contributed by atoms with E-state index in [-0.39, 0.29) is 0 Å². The second kappa shape index (κ2) is 8.21. The Morgan fingerprint density at radius 1 is 1.00 bits per heavy atom. The smallest absolute Gasteiger partial charge is 0.160 e. The van der Waals surface area contributed by atoms with E-state index in [1.807, 2.05) is 12.3 Å². The molecule has 25 heavy (non-hydrogen) atoms. The van der Waals surface area contributed by atoms with Crippen LogP contribution in [0.25, 0.3) is 0 Å². The van der Waals surface area contributed by atoms with Gasteiger partial charge < -0.3 is 14.2 Å². The Hall–Kier alpha value is -2.27. The molecular formula is C20H26N2O3. The van der Waals surface area contributed by atoms with Gasteiger partial charge in [-0.2, -0.15) is 0 Å². The van der Waals surface area contributed by atoms with E-state index in [1.165, 1.54) is 17.5 Å². The summed E-state index contributed by atoms with van der Waals surface area (Å²) < 4.78 is 16.0. The van der Waals surface area contributed by atoms with Crippen molar-refractivity contribution in [3.8, 4) is 17.2 Å². The van der Waals surface area contributed by atoms with Gasteiger partial charge in [0.25, 0.3) is 0 Å². The summed E-state index contributed by atoms with van der Waals surface area (Å²) in [6.45, 7) is 3.15. The average Bonchev–Trinajstić information content (AvgIpc) is 3.08. The molecule has 5 heteroatoms. The summed E-state index contributed by atoms with van der Waals surface area (Å²) >= 11 is 0. The Labute approximate surface area is 149 Å². The zero-order chi connectivity index (χ0) is 17.6. The molecule has 0 spiro atoms. The monoisotopic (exact) mass is 342 g/mol. The van der Waals surface area contributed by atoms with Gasteiger partial charge in [-0.1, -0.05) is 6.07 Å². The minimum absolute atomic E-state index is 0.664. The Morgan fingerprint density at radius 3 is 2.60 bits per heavy atom. The van der Waals surface area contributed by atoms with Gasteiger partial charge in [-0.3, -0.25) is 9.88 Å². The number of hydrogen-bond acceptors (Lipinski definition) is 5. The van der Waals surface area contributed by atoms with Crippen LogP contribution in [0.4, 0.5) is 0 Å². The molecule has 1 aliphatic rings. The van der Waals surface area contributed by atoms with Crippen molar-refractivity contribution in [1.82, 2.24) is 9.88 Å². The first-order chi connectivity index (χ1) is 12.2. The van der Waals surface area contributed by atoms with Gasteiger partial charge in [-0.15, -0.1) is 0 Å². The highest BCUT2D eigenvalue weighted by Gasteiger charge is 2.23. The highest BCUT2D eigenvalue weighted by atomic mass is 16.5. The lowest BCUT2D eigenvalue weighted by Crippen LogP contribution is -2.20. The summed E-state index contributed by atoms with van der Waals surface area (Å²) in [5.41, 5.74) is 2.50. The second-order valence-electron chi connectivity index (χ2n) is 6.52. The first kappa shape index (κ1) is 17.5. The maximum atomic E-state index is 5.41. The van der Waals surface area contributed by atoms with Gasteiger partial charge >= 0.3 is 0 Å². The molecule has 134 valence electrons. The van der Waals surface area contributed by atoms with Crippen LogP contribution in [-0.2, 0) is 13.0 Å². The Kier molecular flexibility index (Phi) is 5.76. The van der Waals surface area contributed by atoms with Crippen molar-refractivity contribution in [2.75, 3.05) is 34.4 Å². The van der Waals surface area contributed by atoms with Crippen LogP contribution < -0.4 is 14.2 Å². The number of aromatic nitrogens is 1. The SMILES string of the molecule is COc1cncc(CN2CCC(Cc3ccc(OC)c(OC)c3)C2)c1. The van der Waals surface area contributed by atoms with E-state index < -0.39 is 0 Å². The lowest BCUT2D eigenvalue weighted by molar-refractivity contribution is 0.315. The van der Waals surface area contributed by atoms with E-state index in [9.17, 15) is 0 Å². The van der Waals surface area contributed by atoms with Gasteiger partial charge in [-0.25, -0.2) is 0 Å². The van der Waals surface area contributed by atoms with E-state index in [4.69, 9.17) is 14.2 Å². The molecule has 0 amide bonds. The number of rotatable bonds is 7. The molecule has 5 nitrogen and oxygen atoms in total. The zero-order valence-corrected chi connectivity index (χ0v) is 15.2. The van der Waals surface area contributed by atoms with Crippen molar-refractivity contribution in [3.05, 3.63) is 47.8 Å². The third kappa shape index (κ3) is 4.42. The molecule has 2 heterocycles. The molecular weight excluding hydrogens is 316 g/mol. The summed E-state index contributed by atoms with van der Waals surface area (Å²) in [4.78, 5) is 6.73. The predicted octanol–water partition coefficient (Wildman–Crippen LogP) is 3.17. The summed E-state index contributed by atoms with van der Waals surface area (Å²) in [5, 5.41) is 0. The van der Waals surface area contributed by atoms with Crippen molar-refractivity contribution in [2.45, 2.75) is 19.4 Å². The summed E-state index contributed by atoms with van der Waals surface area (Å²) in [7, 11) is 5.02. The largest absolute Gasteiger partial charge is 0.495 e. The third-order valence-electron chi connectivity index (χ3n) is 4.75. The van der Waals surface area contributed by atoms with Crippen LogP contribution in [0.1, 0.15) is 17.5 Å². The maximum Gasteiger partial charge on any atom is 0.160 e. The van der Waals surface area contributed by atoms with Crippen LogP contribution in [0, 0.1) is 5.92 Å². The molecule has 0 radical (unpaired) electrons. The van der Waals surface area contributed by atoms with Crippen molar-refractivity contribution in [1.29, 1.82) is 0 Å².